The summed E-state index contributed by atoms with van der Waals surface area (Å²) in [5, 5.41) is 0. The van der Waals surface area contributed by atoms with Gasteiger partial charge >= 0.3 is 0 Å². The van der Waals surface area contributed by atoms with Gasteiger partial charge in [-0.2, -0.15) is 0 Å². The summed E-state index contributed by atoms with van der Waals surface area (Å²) in [5.74, 6) is 1.40. The maximum Gasteiger partial charge on any atom is 0.158 e. The molecular formula is C18H22O. The number of hydrogen-bond acceptors (Lipinski definition) is 1. The molecule has 2 aliphatic rings. The fourth-order valence-electron chi connectivity index (χ4n) is 3.00. The summed E-state index contributed by atoms with van der Waals surface area (Å²) >= 11 is 0. The van der Waals surface area contributed by atoms with Crippen molar-refractivity contribution in [3.63, 3.8) is 0 Å². The zero-order chi connectivity index (χ0) is 13.1. The van der Waals surface area contributed by atoms with Gasteiger partial charge in [0.15, 0.2) is 5.78 Å². The standard InChI is InChI=1S/C18H22O/c19-18(17-11-12-17)13-8-14-6-9-16(10-7-14)15-4-2-1-3-5-15/h6-10,13,15,17H,1-5,11-12H2/b13-8+. The summed E-state index contributed by atoms with van der Waals surface area (Å²) < 4.78 is 0. The van der Waals surface area contributed by atoms with Crippen molar-refractivity contribution in [2.45, 2.75) is 50.9 Å². The van der Waals surface area contributed by atoms with E-state index in [-0.39, 0.29) is 0 Å². The van der Waals surface area contributed by atoms with Crippen molar-refractivity contribution in [1.82, 2.24) is 0 Å². The molecule has 1 heteroatoms. The topological polar surface area (TPSA) is 17.1 Å². The van der Waals surface area contributed by atoms with Crippen molar-refractivity contribution in [1.29, 1.82) is 0 Å². The Kier molecular flexibility index (Phi) is 3.82. The minimum Gasteiger partial charge on any atom is -0.295 e. The van der Waals surface area contributed by atoms with Crippen LogP contribution in [0.4, 0.5) is 0 Å². The highest BCUT2D eigenvalue weighted by molar-refractivity contribution is 5.96. The van der Waals surface area contributed by atoms with E-state index in [1.54, 1.807) is 6.08 Å². The van der Waals surface area contributed by atoms with Crippen molar-refractivity contribution in [2.75, 3.05) is 0 Å². The van der Waals surface area contributed by atoms with Gasteiger partial charge in [-0.15, -0.1) is 0 Å². The van der Waals surface area contributed by atoms with Crippen LogP contribution in [0.5, 0.6) is 0 Å². The van der Waals surface area contributed by atoms with Crippen LogP contribution in [-0.4, -0.2) is 5.78 Å². The average Bonchev–Trinajstić information content (AvgIpc) is 3.31. The maximum absolute atomic E-state index is 11.6. The lowest BCUT2D eigenvalue weighted by Crippen LogP contribution is -2.04. The number of rotatable bonds is 4. The van der Waals surface area contributed by atoms with Crippen LogP contribution in [0.25, 0.3) is 6.08 Å². The predicted molar refractivity (Wildman–Crippen MR) is 79.0 cm³/mol. The van der Waals surface area contributed by atoms with Crippen LogP contribution in [0.2, 0.25) is 0 Å². The summed E-state index contributed by atoms with van der Waals surface area (Å²) in [6, 6.07) is 8.80. The smallest absolute Gasteiger partial charge is 0.158 e. The summed E-state index contributed by atoms with van der Waals surface area (Å²) in [6.45, 7) is 0. The zero-order valence-electron chi connectivity index (χ0n) is 11.5. The minimum absolute atomic E-state index is 0.302. The molecule has 2 aliphatic carbocycles. The van der Waals surface area contributed by atoms with Gasteiger partial charge in [0, 0.05) is 5.92 Å². The van der Waals surface area contributed by atoms with Gasteiger partial charge in [-0.05, 0) is 48.8 Å². The summed E-state index contributed by atoms with van der Waals surface area (Å²) in [5.41, 5.74) is 2.62. The molecule has 0 unspecified atom stereocenters. The largest absolute Gasteiger partial charge is 0.295 e. The number of carbonyl (C=O) groups excluding carboxylic acids is 1. The van der Waals surface area contributed by atoms with E-state index in [0.717, 1.165) is 24.3 Å². The van der Waals surface area contributed by atoms with Gasteiger partial charge in [0.1, 0.15) is 0 Å². The van der Waals surface area contributed by atoms with E-state index < -0.39 is 0 Å². The Bertz CT molecular complexity index is 459. The van der Waals surface area contributed by atoms with Crippen molar-refractivity contribution in [3.05, 3.63) is 41.5 Å². The number of allylic oxidation sites excluding steroid dienone is 1. The van der Waals surface area contributed by atoms with E-state index in [1.807, 2.05) is 6.08 Å². The van der Waals surface area contributed by atoms with E-state index >= 15 is 0 Å². The molecule has 0 bridgehead atoms. The second kappa shape index (κ2) is 5.73. The Balaban J connectivity index is 1.62. The molecule has 0 amide bonds. The molecule has 2 fully saturated rings. The molecule has 0 saturated heterocycles. The first kappa shape index (κ1) is 12.7. The third-order valence-corrected chi connectivity index (χ3v) is 4.43. The molecule has 1 aromatic rings. The van der Waals surface area contributed by atoms with Crippen LogP contribution in [0.3, 0.4) is 0 Å². The van der Waals surface area contributed by atoms with Gasteiger partial charge in [0.25, 0.3) is 0 Å². The van der Waals surface area contributed by atoms with Crippen LogP contribution in [0.15, 0.2) is 30.3 Å². The van der Waals surface area contributed by atoms with E-state index in [1.165, 1.54) is 37.7 Å². The Labute approximate surface area is 115 Å². The van der Waals surface area contributed by atoms with E-state index in [9.17, 15) is 4.79 Å². The van der Waals surface area contributed by atoms with Crippen molar-refractivity contribution >= 4 is 11.9 Å². The molecule has 1 nitrogen and oxygen atoms in total. The lowest BCUT2D eigenvalue weighted by atomic mass is 9.84. The molecule has 0 N–H and O–H groups in total. The second-order valence-electron chi connectivity index (χ2n) is 6.01. The normalized spacial score (nSPS) is 20.8. The maximum atomic E-state index is 11.6. The molecular weight excluding hydrogens is 232 g/mol. The SMILES string of the molecule is O=C(/C=C/c1ccc(C2CCCCC2)cc1)C1CC1. The highest BCUT2D eigenvalue weighted by Gasteiger charge is 2.27. The quantitative estimate of drug-likeness (QED) is 0.710. The number of hydrogen-bond donors (Lipinski definition) is 0. The lowest BCUT2D eigenvalue weighted by molar-refractivity contribution is -0.115. The van der Waals surface area contributed by atoms with Gasteiger partial charge in [-0.3, -0.25) is 4.79 Å². The molecule has 0 atom stereocenters. The van der Waals surface area contributed by atoms with Crippen LogP contribution in [-0.2, 0) is 4.79 Å². The molecule has 2 saturated carbocycles. The highest BCUT2D eigenvalue weighted by atomic mass is 16.1. The predicted octanol–water partition coefficient (Wildman–Crippen LogP) is 4.73. The summed E-state index contributed by atoms with van der Waals surface area (Å²) in [7, 11) is 0. The molecule has 0 heterocycles. The molecule has 19 heavy (non-hydrogen) atoms. The van der Waals surface area contributed by atoms with Crippen LogP contribution < -0.4 is 0 Å². The zero-order valence-corrected chi connectivity index (χ0v) is 11.5. The van der Waals surface area contributed by atoms with Crippen molar-refractivity contribution in [2.24, 2.45) is 5.92 Å². The Morgan fingerprint density at radius 3 is 2.26 bits per heavy atom. The first-order chi connectivity index (χ1) is 9.33. The molecule has 0 aliphatic heterocycles. The van der Waals surface area contributed by atoms with E-state index in [4.69, 9.17) is 0 Å². The summed E-state index contributed by atoms with van der Waals surface area (Å²) in [4.78, 5) is 11.6. The van der Waals surface area contributed by atoms with Gasteiger partial charge in [0.05, 0.1) is 0 Å². The Morgan fingerprint density at radius 2 is 1.63 bits per heavy atom. The average molecular weight is 254 g/mol. The monoisotopic (exact) mass is 254 g/mol. The van der Waals surface area contributed by atoms with E-state index in [2.05, 4.69) is 24.3 Å². The fourth-order valence-corrected chi connectivity index (χ4v) is 3.00. The number of ketones is 1. The first-order valence-corrected chi connectivity index (χ1v) is 7.65. The molecule has 0 aromatic heterocycles. The summed E-state index contributed by atoms with van der Waals surface area (Å²) in [6.07, 6.45) is 12.7. The van der Waals surface area contributed by atoms with Crippen molar-refractivity contribution in [3.8, 4) is 0 Å². The van der Waals surface area contributed by atoms with Crippen molar-refractivity contribution < 1.29 is 4.79 Å². The fraction of sp³-hybridized carbons (Fsp3) is 0.500. The molecule has 100 valence electrons. The van der Waals surface area contributed by atoms with Gasteiger partial charge in [-0.25, -0.2) is 0 Å². The molecule has 0 radical (unpaired) electrons. The lowest BCUT2D eigenvalue weighted by Gasteiger charge is -2.21. The Morgan fingerprint density at radius 1 is 0.947 bits per heavy atom. The Hall–Kier alpha value is -1.37. The van der Waals surface area contributed by atoms with Gasteiger partial charge < -0.3 is 0 Å². The minimum atomic E-state index is 0.302. The second-order valence-corrected chi connectivity index (χ2v) is 6.01. The third-order valence-electron chi connectivity index (χ3n) is 4.43. The van der Waals surface area contributed by atoms with E-state index in [0.29, 0.717) is 11.7 Å². The number of carbonyl (C=O) groups is 1. The molecule has 3 rings (SSSR count). The van der Waals surface area contributed by atoms with Crippen LogP contribution in [0.1, 0.15) is 62.0 Å². The third kappa shape index (κ3) is 3.34. The first-order valence-electron chi connectivity index (χ1n) is 7.65. The van der Waals surface area contributed by atoms with Gasteiger partial charge in [-0.1, -0.05) is 49.6 Å². The van der Waals surface area contributed by atoms with Crippen LogP contribution in [0, 0.1) is 5.92 Å². The molecule has 0 spiro atoms. The highest BCUT2D eigenvalue weighted by Crippen LogP contribution is 2.33. The molecule has 1 aromatic carbocycles. The number of benzene rings is 1. The van der Waals surface area contributed by atoms with Gasteiger partial charge in [0.2, 0.25) is 0 Å². The van der Waals surface area contributed by atoms with Crippen LogP contribution >= 0.6 is 0 Å².